The second-order valence-corrected chi connectivity index (χ2v) is 3.84. The number of benzene rings is 1. The molecule has 0 atom stereocenters. The minimum absolute atomic E-state index is 0.207. The summed E-state index contributed by atoms with van der Waals surface area (Å²) in [6, 6.07) is 5.45. The minimum Gasteiger partial charge on any atom is -0.327 e. The average Bonchev–Trinajstić information content (AvgIpc) is 2.22. The summed E-state index contributed by atoms with van der Waals surface area (Å²) in [6.07, 6.45) is 0. The number of alkyl halides is 1. The summed E-state index contributed by atoms with van der Waals surface area (Å²) >= 11 is 3.24. The molecule has 1 rings (SSSR count). The molecule has 0 unspecified atom stereocenters. The molecule has 0 heterocycles. The number of nitrogens with one attached hydrogen (secondary N) is 1. The van der Waals surface area contributed by atoms with Crippen molar-refractivity contribution in [3.05, 3.63) is 30.1 Å². The molecule has 82 valence electrons. The van der Waals surface area contributed by atoms with Crippen molar-refractivity contribution >= 4 is 27.6 Å². The van der Waals surface area contributed by atoms with Crippen molar-refractivity contribution in [2.75, 3.05) is 24.2 Å². The Labute approximate surface area is 96.4 Å². The number of carbonyl (C=O) groups is 1. The van der Waals surface area contributed by atoms with Crippen LogP contribution in [0.2, 0.25) is 0 Å². The first-order valence-corrected chi connectivity index (χ1v) is 5.59. The molecule has 0 spiro atoms. The highest BCUT2D eigenvalue weighted by Crippen LogP contribution is 2.08. The number of halogens is 2. The monoisotopic (exact) mass is 274 g/mol. The second-order valence-electron chi connectivity index (χ2n) is 3.05. The van der Waals surface area contributed by atoms with Gasteiger partial charge in [0.2, 0.25) is 0 Å². The van der Waals surface area contributed by atoms with Gasteiger partial charge in [0.05, 0.1) is 0 Å². The van der Waals surface area contributed by atoms with Crippen molar-refractivity contribution in [1.29, 1.82) is 0 Å². The molecular weight excluding hydrogens is 263 g/mol. The first-order valence-electron chi connectivity index (χ1n) is 4.47. The molecule has 0 bridgehead atoms. The molecular formula is C10H12BrFN2O. The molecule has 0 aliphatic rings. The summed E-state index contributed by atoms with van der Waals surface area (Å²) in [7, 11) is 1.69. The van der Waals surface area contributed by atoms with Gasteiger partial charge >= 0.3 is 6.03 Å². The van der Waals surface area contributed by atoms with Gasteiger partial charge in [0, 0.05) is 24.6 Å². The van der Waals surface area contributed by atoms with Gasteiger partial charge in [-0.1, -0.05) is 15.9 Å². The number of hydrogen-bond acceptors (Lipinski definition) is 1. The molecule has 0 saturated heterocycles. The van der Waals surface area contributed by atoms with Gasteiger partial charge in [-0.2, -0.15) is 0 Å². The zero-order chi connectivity index (χ0) is 11.3. The smallest absolute Gasteiger partial charge is 0.321 e. The van der Waals surface area contributed by atoms with Crippen LogP contribution in [0.1, 0.15) is 0 Å². The van der Waals surface area contributed by atoms with E-state index in [9.17, 15) is 9.18 Å². The Morgan fingerprint density at radius 2 is 2.07 bits per heavy atom. The van der Waals surface area contributed by atoms with Gasteiger partial charge in [-0.15, -0.1) is 0 Å². The molecule has 15 heavy (non-hydrogen) atoms. The van der Waals surface area contributed by atoms with Crippen molar-refractivity contribution < 1.29 is 9.18 Å². The predicted octanol–water partition coefficient (Wildman–Crippen LogP) is 2.68. The standard InChI is InChI=1S/C10H12BrFN2O/c1-14(7-6-11)10(15)13-9-4-2-8(12)3-5-9/h2-5H,6-7H2,1H3,(H,13,15). The lowest BCUT2D eigenvalue weighted by Crippen LogP contribution is -2.32. The molecule has 0 radical (unpaired) electrons. The topological polar surface area (TPSA) is 32.3 Å². The van der Waals surface area contributed by atoms with Crippen LogP contribution in [0.25, 0.3) is 0 Å². The Bertz CT molecular complexity index is 329. The molecule has 2 amide bonds. The van der Waals surface area contributed by atoms with Crippen molar-refractivity contribution in [3.8, 4) is 0 Å². The maximum absolute atomic E-state index is 12.6. The third-order valence-electron chi connectivity index (χ3n) is 1.86. The van der Waals surface area contributed by atoms with Crippen LogP contribution in [0, 0.1) is 5.82 Å². The Balaban J connectivity index is 2.54. The maximum Gasteiger partial charge on any atom is 0.321 e. The lowest BCUT2D eigenvalue weighted by molar-refractivity contribution is 0.225. The fourth-order valence-corrected chi connectivity index (χ4v) is 1.51. The summed E-state index contributed by atoms with van der Waals surface area (Å²) in [5, 5.41) is 3.38. The summed E-state index contributed by atoms with van der Waals surface area (Å²) in [6.45, 7) is 0.618. The SMILES string of the molecule is CN(CCBr)C(=O)Nc1ccc(F)cc1. The van der Waals surface area contributed by atoms with E-state index in [1.807, 2.05) is 0 Å². The van der Waals surface area contributed by atoms with Gasteiger partial charge in [0.15, 0.2) is 0 Å². The Morgan fingerprint density at radius 1 is 1.47 bits per heavy atom. The Kier molecular flexibility index (Phi) is 4.55. The van der Waals surface area contributed by atoms with Crippen molar-refractivity contribution in [1.82, 2.24) is 4.90 Å². The van der Waals surface area contributed by atoms with Gasteiger partial charge in [0.25, 0.3) is 0 Å². The lowest BCUT2D eigenvalue weighted by Gasteiger charge is -2.16. The van der Waals surface area contributed by atoms with E-state index in [1.54, 1.807) is 7.05 Å². The predicted molar refractivity (Wildman–Crippen MR) is 61.8 cm³/mol. The molecule has 0 aromatic heterocycles. The lowest BCUT2D eigenvalue weighted by atomic mass is 10.3. The van der Waals surface area contributed by atoms with Crippen LogP contribution in [-0.4, -0.2) is 29.9 Å². The zero-order valence-electron chi connectivity index (χ0n) is 8.34. The van der Waals surface area contributed by atoms with Crippen LogP contribution in [0.15, 0.2) is 24.3 Å². The molecule has 1 N–H and O–H groups in total. The fraction of sp³-hybridized carbons (Fsp3) is 0.300. The van der Waals surface area contributed by atoms with Gasteiger partial charge in [0.1, 0.15) is 5.82 Å². The summed E-state index contributed by atoms with van der Waals surface area (Å²) in [4.78, 5) is 13.0. The molecule has 3 nitrogen and oxygen atoms in total. The molecule has 1 aromatic rings. The third kappa shape index (κ3) is 3.87. The third-order valence-corrected chi connectivity index (χ3v) is 2.22. The first kappa shape index (κ1) is 12.0. The van der Waals surface area contributed by atoms with E-state index in [0.717, 1.165) is 5.33 Å². The average molecular weight is 275 g/mol. The fourth-order valence-electron chi connectivity index (χ4n) is 0.980. The van der Waals surface area contributed by atoms with Gasteiger partial charge < -0.3 is 10.2 Å². The Hall–Kier alpha value is -1.10. The van der Waals surface area contributed by atoms with Crippen LogP contribution >= 0.6 is 15.9 Å². The largest absolute Gasteiger partial charge is 0.327 e. The minimum atomic E-state index is -0.318. The van der Waals surface area contributed by atoms with E-state index < -0.39 is 0 Å². The quantitative estimate of drug-likeness (QED) is 0.845. The highest BCUT2D eigenvalue weighted by Gasteiger charge is 2.07. The number of hydrogen-bond donors (Lipinski definition) is 1. The number of carbonyl (C=O) groups excluding carboxylic acids is 1. The number of rotatable bonds is 3. The van der Waals surface area contributed by atoms with Crippen LogP contribution in [0.4, 0.5) is 14.9 Å². The van der Waals surface area contributed by atoms with Gasteiger partial charge in [-0.25, -0.2) is 9.18 Å². The van der Waals surface area contributed by atoms with E-state index in [2.05, 4.69) is 21.2 Å². The van der Waals surface area contributed by atoms with E-state index in [1.165, 1.54) is 29.2 Å². The number of urea groups is 1. The van der Waals surface area contributed by atoms with Crippen molar-refractivity contribution in [2.24, 2.45) is 0 Å². The van der Waals surface area contributed by atoms with E-state index >= 15 is 0 Å². The summed E-state index contributed by atoms with van der Waals surface area (Å²) in [5.41, 5.74) is 0.586. The molecule has 0 aliphatic carbocycles. The van der Waals surface area contributed by atoms with E-state index in [4.69, 9.17) is 0 Å². The first-order chi connectivity index (χ1) is 7.13. The molecule has 1 aromatic carbocycles. The van der Waals surface area contributed by atoms with E-state index in [-0.39, 0.29) is 11.8 Å². The summed E-state index contributed by atoms with van der Waals surface area (Å²) < 4.78 is 12.6. The highest BCUT2D eigenvalue weighted by atomic mass is 79.9. The van der Waals surface area contributed by atoms with Crippen LogP contribution in [-0.2, 0) is 0 Å². The summed E-state index contributed by atoms with van der Waals surface area (Å²) in [5.74, 6) is -0.318. The molecule has 5 heteroatoms. The van der Waals surface area contributed by atoms with Crippen molar-refractivity contribution in [2.45, 2.75) is 0 Å². The highest BCUT2D eigenvalue weighted by molar-refractivity contribution is 9.09. The normalized spacial score (nSPS) is 9.80. The van der Waals surface area contributed by atoms with Crippen LogP contribution in [0.3, 0.4) is 0 Å². The molecule has 0 saturated carbocycles. The maximum atomic E-state index is 12.6. The van der Waals surface area contributed by atoms with Gasteiger partial charge in [-0.3, -0.25) is 0 Å². The number of anilines is 1. The zero-order valence-corrected chi connectivity index (χ0v) is 9.92. The molecule has 0 aliphatic heterocycles. The second kappa shape index (κ2) is 5.70. The Morgan fingerprint density at radius 3 is 2.60 bits per heavy atom. The van der Waals surface area contributed by atoms with Crippen molar-refractivity contribution in [3.63, 3.8) is 0 Å². The van der Waals surface area contributed by atoms with Crippen LogP contribution in [0.5, 0.6) is 0 Å². The number of nitrogens with zero attached hydrogens (tertiary/aromatic N) is 1. The number of amides is 2. The van der Waals surface area contributed by atoms with E-state index in [0.29, 0.717) is 12.2 Å². The van der Waals surface area contributed by atoms with Gasteiger partial charge in [-0.05, 0) is 24.3 Å². The molecule has 0 fully saturated rings. The van der Waals surface area contributed by atoms with Crippen LogP contribution < -0.4 is 5.32 Å².